The van der Waals surface area contributed by atoms with Crippen LogP contribution in [0.15, 0.2) is 48.5 Å². The van der Waals surface area contributed by atoms with Gasteiger partial charge in [0.15, 0.2) is 5.78 Å². The number of amides is 1. The first kappa shape index (κ1) is 14.0. The average molecular weight is 267 g/mol. The van der Waals surface area contributed by atoms with E-state index in [0.29, 0.717) is 23.2 Å². The van der Waals surface area contributed by atoms with Gasteiger partial charge >= 0.3 is 0 Å². The maximum Gasteiger partial charge on any atom is 0.224 e. The minimum absolute atomic E-state index is 0.0827. The smallest absolute Gasteiger partial charge is 0.224 e. The maximum atomic E-state index is 12.5. The van der Waals surface area contributed by atoms with E-state index in [2.05, 4.69) is 5.32 Å². The number of rotatable bonds is 4. The summed E-state index contributed by atoms with van der Waals surface area (Å²) in [6, 6.07) is 14.5. The molecule has 3 heteroatoms. The van der Waals surface area contributed by atoms with Gasteiger partial charge in [0, 0.05) is 17.5 Å². The molecule has 0 saturated heterocycles. The number of carbonyl (C=O) groups excluding carboxylic acids is 2. The molecule has 0 bridgehead atoms. The van der Waals surface area contributed by atoms with Crippen LogP contribution >= 0.6 is 0 Å². The first-order valence-corrected chi connectivity index (χ1v) is 6.62. The van der Waals surface area contributed by atoms with Crippen molar-refractivity contribution in [2.45, 2.75) is 20.3 Å². The predicted octanol–water partition coefficient (Wildman–Crippen LogP) is 3.57. The van der Waals surface area contributed by atoms with E-state index in [9.17, 15) is 9.59 Å². The lowest BCUT2D eigenvalue weighted by molar-refractivity contribution is -0.115. The highest BCUT2D eigenvalue weighted by atomic mass is 16.1. The van der Waals surface area contributed by atoms with E-state index >= 15 is 0 Å². The molecule has 0 aliphatic carbocycles. The van der Waals surface area contributed by atoms with Crippen molar-refractivity contribution in [1.29, 1.82) is 0 Å². The maximum absolute atomic E-state index is 12.5. The molecule has 20 heavy (non-hydrogen) atoms. The van der Waals surface area contributed by atoms with Gasteiger partial charge in [0.05, 0.1) is 5.69 Å². The first-order chi connectivity index (χ1) is 9.61. The van der Waals surface area contributed by atoms with Crippen LogP contribution in [0, 0.1) is 6.92 Å². The van der Waals surface area contributed by atoms with Gasteiger partial charge < -0.3 is 5.32 Å². The second-order valence-electron chi connectivity index (χ2n) is 4.65. The third-order valence-electron chi connectivity index (χ3n) is 3.05. The molecule has 2 aromatic carbocycles. The van der Waals surface area contributed by atoms with Crippen LogP contribution in [0.5, 0.6) is 0 Å². The summed E-state index contributed by atoms with van der Waals surface area (Å²) in [6.07, 6.45) is 0.382. The Bertz CT molecular complexity index is 633. The van der Waals surface area contributed by atoms with Crippen LogP contribution in [0.1, 0.15) is 34.8 Å². The van der Waals surface area contributed by atoms with Gasteiger partial charge in [-0.3, -0.25) is 9.59 Å². The van der Waals surface area contributed by atoms with Crippen molar-refractivity contribution in [2.75, 3.05) is 5.32 Å². The Morgan fingerprint density at radius 2 is 1.75 bits per heavy atom. The van der Waals surface area contributed by atoms with E-state index in [4.69, 9.17) is 0 Å². The zero-order valence-corrected chi connectivity index (χ0v) is 11.6. The van der Waals surface area contributed by atoms with Gasteiger partial charge in [0.1, 0.15) is 0 Å². The fraction of sp³-hybridized carbons (Fsp3) is 0.176. The monoisotopic (exact) mass is 267 g/mol. The molecule has 2 aromatic rings. The first-order valence-electron chi connectivity index (χ1n) is 6.62. The third kappa shape index (κ3) is 3.12. The van der Waals surface area contributed by atoms with Crippen molar-refractivity contribution in [2.24, 2.45) is 0 Å². The molecule has 0 fully saturated rings. The molecule has 1 N–H and O–H groups in total. The molecule has 0 spiro atoms. The van der Waals surface area contributed by atoms with Crippen molar-refractivity contribution >= 4 is 17.4 Å². The molecule has 0 atom stereocenters. The average Bonchev–Trinajstić information content (AvgIpc) is 2.49. The Morgan fingerprint density at radius 1 is 1.05 bits per heavy atom. The highest BCUT2D eigenvalue weighted by Crippen LogP contribution is 2.21. The van der Waals surface area contributed by atoms with Crippen molar-refractivity contribution in [3.8, 4) is 0 Å². The molecule has 0 aromatic heterocycles. The Labute approximate surface area is 118 Å². The van der Waals surface area contributed by atoms with Crippen molar-refractivity contribution in [3.63, 3.8) is 0 Å². The summed E-state index contributed by atoms with van der Waals surface area (Å²) in [6.45, 7) is 3.70. The highest BCUT2D eigenvalue weighted by molar-refractivity contribution is 6.13. The van der Waals surface area contributed by atoms with Gasteiger partial charge in [-0.2, -0.15) is 0 Å². The Morgan fingerprint density at radius 3 is 2.40 bits per heavy atom. The van der Waals surface area contributed by atoms with Crippen molar-refractivity contribution in [1.82, 2.24) is 0 Å². The van der Waals surface area contributed by atoms with Crippen LogP contribution < -0.4 is 5.32 Å². The molecule has 1 amide bonds. The summed E-state index contributed by atoms with van der Waals surface area (Å²) in [5, 5.41) is 2.78. The summed E-state index contributed by atoms with van der Waals surface area (Å²) in [5.41, 5.74) is 2.69. The summed E-state index contributed by atoms with van der Waals surface area (Å²) in [7, 11) is 0. The Balaban J connectivity index is 2.41. The number of hydrogen-bond donors (Lipinski definition) is 1. The molecule has 0 saturated carbocycles. The lowest BCUT2D eigenvalue weighted by Gasteiger charge is -2.11. The molecule has 102 valence electrons. The Kier molecular flexibility index (Phi) is 4.31. The number of nitrogens with one attached hydrogen (secondary N) is 1. The van der Waals surface area contributed by atoms with E-state index in [-0.39, 0.29) is 11.7 Å². The predicted molar refractivity (Wildman–Crippen MR) is 80.0 cm³/mol. The summed E-state index contributed by atoms with van der Waals surface area (Å²) in [5.74, 6) is -0.184. The van der Waals surface area contributed by atoms with Crippen LogP contribution in [-0.4, -0.2) is 11.7 Å². The largest absolute Gasteiger partial charge is 0.325 e. The topological polar surface area (TPSA) is 46.2 Å². The van der Waals surface area contributed by atoms with Crippen LogP contribution in [0.4, 0.5) is 5.69 Å². The third-order valence-corrected chi connectivity index (χ3v) is 3.05. The number of benzene rings is 2. The lowest BCUT2D eigenvalue weighted by atomic mass is 9.99. The molecule has 0 radical (unpaired) electrons. The second-order valence-corrected chi connectivity index (χ2v) is 4.65. The standard InChI is InChI=1S/C17H17NO2/c1-3-16(19)18-15-10-9-12(2)11-14(15)17(20)13-7-5-4-6-8-13/h4-11H,3H2,1-2H3,(H,18,19). The molecular weight excluding hydrogens is 250 g/mol. The molecule has 0 unspecified atom stereocenters. The zero-order valence-electron chi connectivity index (χ0n) is 11.6. The summed E-state index contributed by atoms with van der Waals surface area (Å²) < 4.78 is 0. The quantitative estimate of drug-likeness (QED) is 0.861. The normalized spacial score (nSPS) is 10.1. The molecular formula is C17H17NO2. The van der Waals surface area contributed by atoms with Gasteiger partial charge in [0.2, 0.25) is 5.91 Å². The van der Waals surface area contributed by atoms with Crippen molar-refractivity contribution in [3.05, 3.63) is 65.2 Å². The zero-order chi connectivity index (χ0) is 14.5. The van der Waals surface area contributed by atoms with E-state index in [0.717, 1.165) is 5.56 Å². The molecule has 0 heterocycles. The van der Waals surface area contributed by atoms with E-state index in [1.807, 2.05) is 31.2 Å². The minimum Gasteiger partial charge on any atom is -0.325 e. The van der Waals surface area contributed by atoms with Gasteiger partial charge in [0.25, 0.3) is 0 Å². The number of ketones is 1. The molecule has 0 aliphatic rings. The van der Waals surface area contributed by atoms with Crippen LogP contribution in [0.3, 0.4) is 0 Å². The second kappa shape index (κ2) is 6.15. The van der Waals surface area contributed by atoms with E-state index < -0.39 is 0 Å². The Hall–Kier alpha value is -2.42. The van der Waals surface area contributed by atoms with E-state index in [1.165, 1.54) is 0 Å². The van der Waals surface area contributed by atoms with Crippen LogP contribution in [0.2, 0.25) is 0 Å². The van der Waals surface area contributed by atoms with Crippen molar-refractivity contribution < 1.29 is 9.59 Å². The molecule has 0 aliphatic heterocycles. The van der Waals surface area contributed by atoms with Gasteiger partial charge in [-0.15, -0.1) is 0 Å². The summed E-state index contributed by atoms with van der Waals surface area (Å²) in [4.78, 5) is 24.1. The number of aryl methyl sites for hydroxylation is 1. The lowest BCUT2D eigenvalue weighted by Crippen LogP contribution is -2.14. The van der Waals surface area contributed by atoms with Crippen LogP contribution in [0.25, 0.3) is 0 Å². The molecule has 2 rings (SSSR count). The van der Waals surface area contributed by atoms with E-state index in [1.54, 1.807) is 31.2 Å². The summed E-state index contributed by atoms with van der Waals surface area (Å²) >= 11 is 0. The fourth-order valence-corrected chi connectivity index (χ4v) is 1.94. The SMILES string of the molecule is CCC(=O)Nc1ccc(C)cc1C(=O)c1ccccc1. The van der Waals surface area contributed by atoms with Gasteiger partial charge in [-0.25, -0.2) is 0 Å². The number of hydrogen-bond acceptors (Lipinski definition) is 2. The highest BCUT2D eigenvalue weighted by Gasteiger charge is 2.14. The number of anilines is 1. The van der Waals surface area contributed by atoms with Crippen LogP contribution in [-0.2, 0) is 4.79 Å². The van der Waals surface area contributed by atoms with Gasteiger partial charge in [-0.1, -0.05) is 48.9 Å². The minimum atomic E-state index is -0.101. The van der Waals surface area contributed by atoms with Gasteiger partial charge in [-0.05, 0) is 19.1 Å². The fourth-order valence-electron chi connectivity index (χ4n) is 1.94. The molecule has 3 nitrogen and oxygen atoms in total. The number of carbonyl (C=O) groups is 2.